The maximum Gasteiger partial charge on any atom is 0.251 e. The van der Waals surface area contributed by atoms with Crippen LogP contribution in [-0.2, 0) is 0 Å². The van der Waals surface area contributed by atoms with Crippen LogP contribution >= 0.6 is 0 Å². The number of carbonyl (C=O) groups is 1. The SMILES string of the molecule is COc1cc(F)cc([C@@H](C)NC2CC[C@H](c3ccc(C(=O)NCCO)cc3)C2)c1. The highest BCUT2D eigenvalue weighted by molar-refractivity contribution is 5.94. The van der Waals surface area contributed by atoms with E-state index in [1.807, 2.05) is 37.3 Å². The van der Waals surface area contributed by atoms with Crippen LogP contribution in [0.5, 0.6) is 5.75 Å². The van der Waals surface area contributed by atoms with E-state index in [-0.39, 0.29) is 30.9 Å². The summed E-state index contributed by atoms with van der Waals surface area (Å²) in [5.74, 6) is 0.508. The van der Waals surface area contributed by atoms with E-state index in [2.05, 4.69) is 10.6 Å². The lowest BCUT2D eigenvalue weighted by molar-refractivity contribution is 0.0944. The van der Waals surface area contributed by atoms with Gasteiger partial charge in [-0.2, -0.15) is 0 Å². The van der Waals surface area contributed by atoms with Crippen LogP contribution in [0.2, 0.25) is 0 Å². The molecule has 1 unspecified atom stereocenters. The van der Waals surface area contributed by atoms with E-state index >= 15 is 0 Å². The predicted molar refractivity (Wildman–Crippen MR) is 111 cm³/mol. The molecule has 6 heteroatoms. The highest BCUT2D eigenvalue weighted by Gasteiger charge is 2.27. The summed E-state index contributed by atoms with van der Waals surface area (Å²) in [5.41, 5.74) is 2.71. The van der Waals surface area contributed by atoms with E-state index in [0.717, 1.165) is 24.8 Å². The minimum Gasteiger partial charge on any atom is -0.497 e. The molecule has 3 atom stereocenters. The lowest BCUT2D eigenvalue weighted by Crippen LogP contribution is -2.29. The quantitative estimate of drug-likeness (QED) is 0.634. The van der Waals surface area contributed by atoms with Crippen molar-refractivity contribution in [3.05, 3.63) is 65.0 Å². The first-order valence-electron chi connectivity index (χ1n) is 10.1. The lowest BCUT2D eigenvalue weighted by atomic mass is 9.96. The number of halogens is 1. The molecule has 0 saturated heterocycles. The molecule has 1 amide bonds. The number of methoxy groups -OCH3 is 1. The summed E-state index contributed by atoms with van der Waals surface area (Å²) < 4.78 is 19.0. The van der Waals surface area contributed by atoms with Gasteiger partial charge in [-0.3, -0.25) is 4.79 Å². The van der Waals surface area contributed by atoms with E-state index in [9.17, 15) is 9.18 Å². The van der Waals surface area contributed by atoms with E-state index in [1.54, 1.807) is 13.2 Å². The smallest absolute Gasteiger partial charge is 0.251 e. The minimum atomic E-state index is -0.291. The van der Waals surface area contributed by atoms with Crippen LogP contribution in [-0.4, -0.2) is 37.3 Å². The summed E-state index contributed by atoms with van der Waals surface area (Å²) in [7, 11) is 1.54. The molecule has 1 aliphatic rings. The zero-order valence-electron chi connectivity index (χ0n) is 17.0. The van der Waals surface area contributed by atoms with Crippen LogP contribution in [0, 0.1) is 5.82 Å². The van der Waals surface area contributed by atoms with Gasteiger partial charge in [0.05, 0.1) is 13.7 Å². The van der Waals surface area contributed by atoms with Crippen molar-refractivity contribution >= 4 is 5.91 Å². The molecule has 3 N–H and O–H groups in total. The molecule has 0 radical (unpaired) electrons. The van der Waals surface area contributed by atoms with E-state index in [4.69, 9.17) is 9.84 Å². The molecule has 2 aromatic rings. The van der Waals surface area contributed by atoms with E-state index in [0.29, 0.717) is 23.3 Å². The lowest BCUT2D eigenvalue weighted by Gasteiger charge is -2.21. The van der Waals surface area contributed by atoms with Gasteiger partial charge in [0.2, 0.25) is 0 Å². The summed E-state index contributed by atoms with van der Waals surface area (Å²) in [5, 5.41) is 15.1. The van der Waals surface area contributed by atoms with Gasteiger partial charge < -0.3 is 20.5 Å². The molecule has 5 nitrogen and oxygen atoms in total. The Morgan fingerprint density at radius 2 is 2.00 bits per heavy atom. The van der Waals surface area contributed by atoms with Crippen LogP contribution in [0.4, 0.5) is 4.39 Å². The molecule has 3 rings (SSSR count). The Kier molecular flexibility index (Phi) is 7.23. The number of aliphatic hydroxyl groups excluding tert-OH is 1. The highest BCUT2D eigenvalue weighted by atomic mass is 19.1. The van der Waals surface area contributed by atoms with Crippen molar-refractivity contribution in [2.75, 3.05) is 20.3 Å². The fourth-order valence-corrected chi connectivity index (χ4v) is 4.02. The summed E-state index contributed by atoms with van der Waals surface area (Å²) in [6, 6.07) is 12.9. The molecule has 0 aromatic heterocycles. The summed E-state index contributed by atoms with van der Waals surface area (Å²) in [6.45, 7) is 2.23. The number of hydrogen-bond acceptors (Lipinski definition) is 4. The number of aliphatic hydroxyl groups is 1. The Balaban J connectivity index is 1.57. The van der Waals surface area contributed by atoms with Crippen molar-refractivity contribution in [2.45, 2.75) is 44.2 Å². The van der Waals surface area contributed by atoms with Crippen LogP contribution < -0.4 is 15.4 Å². The molecule has 1 fully saturated rings. The molecule has 0 heterocycles. The van der Waals surface area contributed by atoms with Crippen molar-refractivity contribution in [2.24, 2.45) is 0 Å². The molecule has 29 heavy (non-hydrogen) atoms. The standard InChI is InChI=1S/C23H29FN2O3/c1-15(19-11-20(24)14-22(13-19)29-2)26-21-8-7-18(12-21)16-3-5-17(6-4-16)23(28)25-9-10-27/h3-6,11,13-15,18,21,26-27H,7-10,12H2,1-2H3,(H,25,28)/t15-,18+,21?/m1/s1. The number of carbonyl (C=O) groups excluding carboxylic acids is 1. The van der Waals surface area contributed by atoms with Crippen molar-refractivity contribution in [1.29, 1.82) is 0 Å². The molecular formula is C23H29FN2O3. The minimum absolute atomic E-state index is 0.0287. The number of amides is 1. The second kappa shape index (κ2) is 9.85. The Morgan fingerprint density at radius 1 is 1.24 bits per heavy atom. The van der Waals surface area contributed by atoms with Gasteiger partial charge in [0, 0.05) is 30.3 Å². The van der Waals surface area contributed by atoms with Gasteiger partial charge in [-0.25, -0.2) is 4.39 Å². The van der Waals surface area contributed by atoms with Crippen molar-refractivity contribution in [1.82, 2.24) is 10.6 Å². The normalized spacial score (nSPS) is 19.7. The number of nitrogens with one attached hydrogen (secondary N) is 2. The van der Waals surface area contributed by atoms with Crippen LogP contribution in [0.3, 0.4) is 0 Å². The van der Waals surface area contributed by atoms with Crippen molar-refractivity contribution in [3.8, 4) is 5.75 Å². The number of rotatable bonds is 8. The molecule has 1 aliphatic carbocycles. The largest absolute Gasteiger partial charge is 0.497 e. The van der Waals surface area contributed by atoms with Crippen LogP contribution in [0.15, 0.2) is 42.5 Å². The van der Waals surface area contributed by atoms with E-state index < -0.39 is 0 Å². The monoisotopic (exact) mass is 400 g/mol. The maximum absolute atomic E-state index is 13.8. The molecule has 1 saturated carbocycles. The Hall–Kier alpha value is -2.44. The summed E-state index contributed by atoms with van der Waals surface area (Å²) in [4.78, 5) is 11.9. The van der Waals surface area contributed by atoms with Gasteiger partial charge >= 0.3 is 0 Å². The van der Waals surface area contributed by atoms with Gasteiger partial charge in [-0.05, 0) is 67.5 Å². The first kappa shape index (κ1) is 21.3. The fraction of sp³-hybridized carbons (Fsp3) is 0.435. The predicted octanol–water partition coefficient (Wildman–Crippen LogP) is 3.54. The zero-order valence-corrected chi connectivity index (χ0v) is 17.0. The summed E-state index contributed by atoms with van der Waals surface area (Å²) >= 11 is 0. The van der Waals surface area contributed by atoms with E-state index in [1.165, 1.54) is 11.6 Å². The zero-order chi connectivity index (χ0) is 20.8. The second-order valence-electron chi connectivity index (χ2n) is 7.62. The average molecular weight is 400 g/mol. The molecule has 0 spiro atoms. The maximum atomic E-state index is 13.8. The Labute approximate surface area is 171 Å². The molecule has 0 bridgehead atoms. The Bertz CT molecular complexity index is 825. The third kappa shape index (κ3) is 5.55. The number of ether oxygens (including phenoxy) is 1. The van der Waals surface area contributed by atoms with Gasteiger partial charge in [-0.15, -0.1) is 0 Å². The average Bonchev–Trinajstić information content (AvgIpc) is 3.20. The topological polar surface area (TPSA) is 70.6 Å². The van der Waals surface area contributed by atoms with Crippen molar-refractivity contribution in [3.63, 3.8) is 0 Å². The first-order valence-corrected chi connectivity index (χ1v) is 10.1. The second-order valence-corrected chi connectivity index (χ2v) is 7.62. The fourth-order valence-electron chi connectivity index (χ4n) is 4.02. The van der Waals surface area contributed by atoms with Crippen LogP contribution in [0.25, 0.3) is 0 Å². The van der Waals surface area contributed by atoms with Gasteiger partial charge in [0.15, 0.2) is 0 Å². The molecule has 2 aromatic carbocycles. The van der Waals surface area contributed by atoms with Gasteiger partial charge in [-0.1, -0.05) is 12.1 Å². The molecule has 0 aliphatic heterocycles. The van der Waals surface area contributed by atoms with Gasteiger partial charge in [0.1, 0.15) is 11.6 Å². The first-order chi connectivity index (χ1) is 14.0. The highest BCUT2D eigenvalue weighted by Crippen LogP contribution is 2.35. The number of benzene rings is 2. The molecule has 156 valence electrons. The van der Waals surface area contributed by atoms with Crippen LogP contribution in [0.1, 0.15) is 59.6 Å². The molecular weight excluding hydrogens is 371 g/mol. The Morgan fingerprint density at radius 3 is 2.69 bits per heavy atom. The van der Waals surface area contributed by atoms with Crippen molar-refractivity contribution < 1.29 is 19.0 Å². The third-order valence-electron chi connectivity index (χ3n) is 5.59. The van der Waals surface area contributed by atoms with Gasteiger partial charge in [0.25, 0.3) is 5.91 Å². The third-order valence-corrected chi connectivity index (χ3v) is 5.59. The number of hydrogen-bond donors (Lipinski definition) is 3. The summed E-state index contributed by atoms with van der Waals surface area (Å²) in [6.07, 6.45) is 3.14.